The third-order valence-electron chi connectivity index (χ3n) is 11.0. The summed E-state index contributed by atoms with van der Waals surface area (Å²) in [5, 5.41) is 0.244. The van der Waals surface area contributed by atoms with E-state index in [2.05, 4.69) is 39.6 Å². The Hall–Kier alpha value is -3.14. The van der Waals surface area contributed by atoms with E-state index in [0.717, 1.165) is 55.9 Å². The Morgan fingerprint density at radius 1 is 1.19 bits per heavy atom. The van der Waals surface area contributed by atoms with Crippen LogP contribution in [-0.2, 0) is 31.7 Å². The Kier molecular flexibility index (Phi) is 11.4. The third-order valence-corrected chi connectivity index (χ3v) is 14.0. The maximum Gasteiger partial charge on any atom is 0.262 e. The lowest BCUT2D eigenvalue weighted by atomic mass is 9.68. The van der Waals surface area contributed by atoms with E-state index >= 15 is 0 Å². The summed E-state index contributed by atoms with van der Waals surface area (Å²) in [7, 11) is -1.94. The van der Waals surface area contributed by atoms with Gasteiger partial charge in [-0.05, 0) is 105 Å². The second-order valence-corrected chi connectivity index (χ2v) is 17.0. The summed E-state index contributed by atoms with van der Waals surface area (Å²) in [6.45, 7) is 15.3. The zero-order valence-corrected chi connectivity index (χ0v) is 30.5. The van der Waals surface area contributed by atoms with Crippen LogP contribution in [0.4, 0.5) is 5.69 Å². The van der Waals surface area contributed by atoms with Gasteiger partial charge in [0.05, 0.1) is 18.4 Å². The summed E-state index contributed by atoms with van der Waals surface area (Å²) in [5.74, 6) is 0.488. The van der Waals surface area contributed by atoms with Gasteiger partial charge in [-0.3, -0.25) is 19.0 Å². The summed E-state index contributed by atoms with van der Waals surface area (Å²) >= 11 is 6.44. The maximum absolute atomic E-state index is 14.3. The van der Waals surface area contributed by atoms with Crippen molar-refractivity contribution in [2.75, 3.05) is 31.7 Å². The van der Waals surface area contributed by atoms with E-state index in [4.69, 9.17) is 21.1 Å². The van der Waals surface area contributed by atoms with Gasteiger partial charge in [0.1, 0.15) is 5.75 Å². The molecule has 2 aromatic carbocycles. The molecule has 5 rings (SSSR count). The Balaban J connectivity index is 1.51. The van der Waals surface area contributed by atoms with Crippen LogP contribution in [0.3, 0.4) is 0 Å². The highest BCUT2D eigenvalue weighted by Gasteiger charge is 2.44. The average Bonchev–Trinajstić information content (AvgIpc) is 3.21. The minimum atomic E-state index is -3.68. The Morgan fingerprint density at radius 3 is 2.65 bits per heavy atom. The van der Waals surface area contributed by atoms with Gasteiger partial charge >= 0.3 is 0 Å². The van der Waals surface area contributed by atoms with Crippen molar-refractivity contribution in [3.63, 3.8) is 0 Å². The number of fused-ring (bicyclic) bond motifs is 3. The molecule has 1 saturated carbocycles. The predicted octanol–water partition coefficient (Wildman–Crippen LogP) is 6.74. The minimum Gasteiger partial charge on any atom is -0.490 e. The summed E-state index contributed by atoms with van der Waals surface area (Å²) in [4.78, 5) is 28.8. The van der Waals surface area contributed by atoms with E-state index in [-0.39, 0.29) is 29.8 Å². The number of ether oxygens (including phenoxy) is 2. The topological polar surface area (TPSA) is 97.0 Å². The zero-order valence-electron chi connectivity index (χ0n) is 28.8. The SMILES string of the molecule is C=CC[C@H](C)[C@@H](C)[SH](=O)(NC(=O)CC)NC(=O)c1ccc2c(c1)N(C[C@@H]1CC[C@H]1[C@H](C=C)OC)C[C@@]1(CCCc3cc(Cl)ccc31)CO2. The summed E-state index contributed by atoms with van der Waals surface area (Å²) < 4.78 is 32.2. The molecular weight excluding hydrogens is 646 g/mol. The van der Waals surface area contributed by atoms with E-state index in [1.807, 2.05) is 31.2 Å². The number of anilines is 1. The number of carbonyl (C=O) groups excluding carboxylic acids is 2. The fourth-order valence-electron chi connectivity index (χ4n) is 7.77. The van der Waals surface area contributed by atoms with E-state index in [0.29, 0.717) is 36.2 Å². The molecule has 1 fully saturated rings. The van der Waals surface area contributed by atoms with Crippen LogP contribution in [0.25, 0.3) is 0 Å². The lowest BCUT2D eigenvalue weighted by Crippen LogP contribution is -2.56. The quantitative estimate of drug-likeness (QED) is 0.159. The van der Waals surface area contributed by atoms with Crippen LogP contribution in [0, 0.1) is 17.8 Å². The number of rotatable bonds is 13. The van der Waals surface area contributed by atoms with Crippen molar-refractivity contribution in [3.05, 3.63) is 83.4 Å². The van der Waals surface area contributed by atoms with Crippen molar-refractivity contribution in [2.45, 2.75) is 82.5 Å². The predicted molar refractivity (Wildman–Crippen MR) is 196 cm³/mol. The monoisotopic (exact) mass is 697 g/mol. The highest BCUT2D eigenvalue weighted by Crippen LogP contribution is 2.47. The number of carbonyl (C=O) groups is 2. The van der Waals surface area contributed by atoms with Gasteiger partial charge in [0, 0.05) is 58.2 Å². The number of hydrogen-bond donors (Lipinski definition) is 3. The Labute approximate surface area is 292 Å². The van der Waals surface area contributed by atoms with E-state index in [1.54, 1.807) is 33.1 Å². The lowest BCUT2D eigenvalue weighted by Gasteiger charge is -2.46. The van der Waals surface area contributed by atoms with Gasteiger partial charge in [-0.1, -0.05) is 43.7 Å². The molecule has 0 aromatic heterocycles. The van der Waals surface area contributed by atoms with Crippen LogP contribution >= 0.6 is 11.6 Å². The Morgan fingerprint density at radius 2 is 1.98 bits per heavy atom. The number of nitrogens with one attached hydrogen (secondary N) is 2. The van der Waals surface area contributed by atoms with Crippen molar-refractivity contribution < 1.29 is 23.3 Å². The Bertz CT molecular complexity index is 1580. The van der Waals surface area contributed by atoms with Gasteiger partial charge in [-0.25, -0.2) is 4.21 Å². The number of allylic oxidation sites excluding steroid dienone is 1. The number of halogens is 1. The normalized spacial score (nSPS) is 24.0. The second kappa shape index (κ2) is 15.2. The molecule has 1 spiro atoms. The number of aryl methyl sites for hydroxylation is 1. The standard InChI is InChI=1S/C38H52ClN3O5S/c1-7-11-25(4)26(5)48(45,40-36(43)9-3)41-37(44)28-14-18-35-33(21-28)42(22-29-13-16-31(29)34(8-2)46-6)23-38(24-47-35)19-10-12-27-20-30(39)15-17-32(27)38/h7-8,14-15,17-18,20-21,25-26,29,31,34,48H,1-2,9-13,16,19,22-24H2,3-6H3,(H2,40,41,43,44,45)/t25-,26+,29-,31+,34-,38-/m0/s1. The van der Waals surface area contributed by atoms with Crippen LogP contribution in [0.2, 0.25) is 5.02 Å². The van der Waals surface area contributed by atoms with E-state index in [9.17, 15) is 13.8 Å². The first-order valence-electron chi connectivity index (χ1n) is 17.3. The van der Waals surface area contributed by atoms with Gasteiger partial charge in [-0.15, -0.1) is 13.2 Å². The van der Waals surface area contributed by atoms with Crippen LogP contribution < -0.4 is 19.1 Å². The largest absolute Gasteiger partial charge is 0.490 e. The molecule has 0 radical (unpaired) electrons. The van der Waals surface area contributed by atoms with Crippen molar-refractivity contribution in [1.29, 1.82) is 0 Å². The number of benzene rings is 2. The van der Waals surface area contributed by atoms with Gasteiger partial charge in [0.15, 0.2) is 0 Å². The molecule has 6 atom stereocenters. The first-order valence-corrected chi connectivity index (χ1v) is 19.4. The van der Waals surface area contributed by atoms with Crippen molar-refractivity contribution in [3.8, 4) is 5.75 Å². The fraction of sp³-hybridized carbons (Fsp3) is 0.526. The van der Waals surface area contributed by atoms with Gasteiger partial charge in [0.25, 0.3) is 5.91 Å². The van der Waals surface area contributed by atoms with Crippen LogP contribution in [-0.4, -0.2) is 54.2 Å². The summed E-state index contributed by atoms with van der Waals surface area (Å²) in [6.07, 6.45) is 9.53. The molecule has 0 unspecified atom stereocenters. The number of thiol groups is 1. The molecular formula is C38H52ClN3O5S. The van der Waals surface area contributed by atoms with Crippen LogP contribution in [0.15, 0.2) is 61.7 Å². The van der Waals surface area contributed by atoms with E-state index in [1.165, 1.54) is 11.1 Å². The van der Waals surface area contributed by atoms with Crippen molar-refractivity contribution in [1.82, 2.24) is 9.44 Å². The number of methoxy groups -OCH3 is 1. The van der Waals surface area contributed by atoms with Crippen LogP contribution in [0.5, 0.6) is 5.75 Å². The molecule has 48 heavy (non-hydrogen) atoms. The van der Waals surface area contributed by atoms with Gasteiger partial charge < -0.3 is 14.4 Å². The molecule has 262 valence electrons. The van der Waals surface area contributed by atoms with Crippen LogP contribution in [0.1, 0.15) is 80.8 Å². The minimum absolute atomic E-state index is 0.0204. The highest BCUT2D eigenvalue weighted by atomic mass is 35.5. The maximum atomic E-state index is 14.3. The molecule has 2 aromatic rings. The average molecular weight is 698 g/mol. The molecule has 2 aliphatic carbocycles. The van der Waals surface area contributed by atoms with Gasteiger partial charge in [-0.2, -0.15) is 0 Å². The van der Waals surface area contributed by atoms with Gasteiger partial charge in [0.2, 0.25) is 5.91 Å². The second-order valence-electron chi connectivity index (χ2n) is 14.0. The van der Waals surface area contributed by atoms with Crippen molar-refractivity contribution in [2.24, 2.45) is 17.8 Å². The summed E-state index contributed by atoms with van der Waals surface area (Å²) in [5.41, 5.74) is 3.47. The summed E-state index contributed by atoms with van der Waals surface area (Å²) in [6, 6.07) is 11.6. The first-order chi connectivity index (χ1) is 23.0. The molecule has 1 aliphatic heterocycles. The fourth-order valence-corrected chi connectivity index (χ4v) is 10.2. The zero-order chi connectivity index (χ0) is 34.6. The molecule has 10 heteroatoms. The molecule has 8 nitrogen and oxygen atoms in total. The first kappa shape index (κ1) is 36.1. The molecule has 2 amide bonds. The molecule has 2 N–H and O–H groups in total. The smallest absolute Gasteiger partial charge is 0.262 e. The molecule has 0 bridgehead atoms. The number of nitrogens with zero attached hydrogens (tertiary/aromatic N) is 1. The number of amides is 2. The number of hydrogen-bond acceptors (Lipinski definition) is 6. The van der Waals surface area contributed by atoms with Crippen molar-refractivity contribution >= 4 is 39.4 Å². The highest BCUT2D eigenvalue weighted by molar-refractivity contribution is 8.01. The molecule has 1 heterocycles. The molecule has 0 saturated heterocycles. The third kappa shape index (κ3) is 7.38. The van der Waals surface area contributed by atoms with E-state index < -0.39 is 21.5 Å². The molecule has 3 aliphatic rings. The lowest BCUT2D eigenvalue weighted by molar-refractivity contribution is -0.119.